The molecule has 0 aliphatic carbocycles. The lowest BCUT2D eigenvalue weighted by atomic mass is 10.1. The van der Waals surface area contributed by atoms with E-state index in [9.17, 15) is 14.3 Å². The zero-order valence-corrected chi connectivity index (χ0v) is 14.6. The number of anilines is 1. The van der Waals surface area contributed by atoms with Crippen LogP contribution in [0.3, 0.4) is 0 Å². The Kier molecular flexibility index (Phi) is 6.33. The summed E-state index contributed by atoms with van der Waals surface area (Å²) in [6.07, 6.45) is -0.496. The molecule has 6 heteroatoms. The Hall–Kier alpha value is -2.28. The molecule has 1 heterocycles. The molecule has 2 aromatic rings. The molecule has 26 heavy (non-hydrogen) atoms. The highest BCUT2D eigenvalue weighted by Crippen LogP contribution is 2.15. The number of amides is 1. The molecule has 138 valence electrons. The maximum absolute atomic E-state index is 12.9. The van der Waals surface area contributed by atoms with Gasteiger partial charge >= 0.3 is 0 Å². The molecule has 1 saturated heterocycles. The second kappa shape index (κ2) is 8.89. The molecular weight excluding hydrogens is 333 g/mol. The van der Waals surface area contributed by atoms with Gasteiger partial charge in [-0.15, -0.1) is 0 Å². The van der Waals surface area contributed by atoms with Crippen molar-refractivity contribution < 1.29 is 14.3 Å². The summed E-state index contributed by atoms with van der Waals surface area (Å²) in [6, 6.07) is 15.4. The van der Waals surface area contributed by atoms with Gasteiger partial charge in [-0.2, -0.15) is 0 Å². The standard InChI is InChI=1S/C20H24FN3O2/c21-17-6-8-18(9-7-17)22-20(26)15-24-12-10-23(11-13-24)14-19(25)16-4-2-1-3-5-16/h1-9,19,25H,10-15H2,(H,22,26)/t19-/m1/s1. The number of hydrogen-bond acceptors (Lipinski definition) is 4. The third kappa shape index (κ3) is 5.36. The van der Waals surface area contributed by atoms with Gasteiger partial charge in [-0.05, 0) is 29.8 Å². The molecule has 0 unspecified atom stereocenters. The summed E-state index contributed by atoms with van der Waals surface area (Å²) in [7, 11) is 0. The van der Waals surface area contributed by atoms with Crippen molar-refractivity contribution in [1.82, 2.24) is 9.80 Å². The smallest absolute Gasteiger partial charge is 0.238 e. The molecule has 0 aromatic heterocycles. The monoisotopic (exact) mass is 357 g/mol. The Labute approximate surface area is 153 Å². The average molecular weight is 357 g/mol. The van der Waals surface area contributed by atoms with Crippen molar-refractivity contribution in [3.05, 3.63) is 66.0 Å². The van der Waals surface area contributed by atoms with Crippen LogP contribution < -0.4 is 5.32 Å². The number of benzene rings is 2. The topological polar surface area (TPSA) is 55.8 Å². The van der Waals surface area contributed by atoms with Crippen LogP contribution in [0, 0.1) is 5.82 Å². The van der Waals surface area contributed by atoms with Crippen LogP contribution in [-0.2, 0) is 4.79 Å². The fourth-order valence-corrected chi connectivity index (χ4v) is 3.09. The van der Waals surface area contributed by atoms with E-state index in [4.69, 9.17) is 0 Å². The van der Waals surface area contributed by atoms with E-state index >= 15 is 0 Å². The summed E-state index contributed by atoms with van der Waals surface area (Å²) in [4.78, 5) is 16.4. The number of hydrogen-bond donors (Lipinski definition) is 2. The lowest BCUT2D eigenvalue weighted by Gasteiger charge is -2.35. The van der Waals surface area contributed by atoms with Crippen molar-refractivity contribution in [3.8, 4) is 0 Å². The van der Waals surface area contributed by atoms with Crippen molar-refractivity contribution in [2.75, 3.05) is 44.6 Å². The molecular formula is C20H24FN3O2. The first-order chi connectivity index (χ1) is 12.6. The van der Waals surface area contributed by atoms with E-state index in [0.29, 0.717) is 18.8 Å². The van der Waals surface area contributed by atoms with Crippen LogP contribution in [-0.4, -0.2) is 60.1 Å². The van der Waals surface area contributed by atoms with Crippen LogP contribution in [0.25, 0.3) is 0 Å². The third-order valence-corrected chi connectivity index (χ3v) is 4.58. The molecule has 0 saturated carbocycles. The summed E-state index contributed by atoms with van der Waals surface area (Å²) in [6.45, 7) is 4.09. The van der Waals surface area contributed by atoms with Gasteiger partial charge in [0.15, 0.2) is 0 Å². The van der Waals surface area contributed by atoms with Crippen LogP contribution in [0.15, 0.2) is 54.6 Å². The van der Waals surface area contributed by atoms with Gasteiger partial charge in [0.25, 0.3) is 0 Å². The Morgan fingerprint density at radius 2 is 1.62 bits per heavy atom. The normalized spacial score (nSPS) is 17.0. The second-order valence-corrected chi connectivity index (χ2v) is 6.56. The fourth-order valence-electron chi connectivity index (χ4n) is 3.09. The Morgan fingerprint density at radius 1 is 1.00 bits per heavy atom. The summed E-state index contributed by atoms with van der Waals surface area (Å²) in [5.74, 6) is -0.425. The van der Waals surface area contributed by atoms with Crippen molar-refractivity contribution in [1.29, 1.82) is 0 Å². The molecule has 3 rings (SSSR count). The van der Waals surface area contributed by atoms with E-state index in [0.717, 1.165) is 31.7 Å². The Morgan fingerprint density at radius 3 is 2.27 bits per heavy atom. The lowest BCUT2D eigenvalue weighted by Crippen LogP contribution is -2.49. The molecule has 5 nitrogen and oxygen atoms in total. The largest absolute Gasteiger partial charge is 0.387 e. The maximum atomic E-state index is 12.9. The Balaban J connectivity index is 1.40. The predicted molar refractivity (Wildman–Crippen MR) is 99.3 cm³/mol. The maximum Gasteiger partial charge on any atom is 0.238 e. The number of rotatable bonds is 6. The minimum atomic E-state index is -0.496. The quantitative estimate of drug-likeness (QED) is 0.832. The van der Waals surface area contributed by atoms with Gasteiger partial charge in [0.05, 0.1) is 12.6 Å². The first-order valence-electron chi connectivity index (χ1n) is 8.83. The number of halogens is 1. The van der Waals surface area contributed by atoms with Crippen LogP contribution in [0.2, 0.25) is 0 Å². The molecule has 2 N–H and O–H groups in total. The number of carbonyl (C=O) groups is 1. The van der Waals surface area contributed by atoms with E-state index in [2.05, 4.69) is 15.1 Å². The van der Waals surface area contributed by atoms with Gasteiger partial charge in [-0.1, -0.05) is 30.3 Å². The molecule has 2 aromatic carbocycles. The first-order valence-corrected chi connectivity index (χ1v) is 8.83. The van der Waals surface area contributed by atoms with Crippen molar-refractivity contribution in [2.24, 2.45) is 0 Å². The molecule has 1 atom stereocenters. The molecule has 0 bridgehead atoms. The first kappa shape index (κ1) is 18.5. The van der Waals surface area contributed by atoms with E-state index in [-0.39, 0.29) is 11.7 Å². The average Bonchev–Trinajstić information content (AvgIpc) is 2.66. The number of carbonyl (C=O) groups excluding carboxylic acids is 1. The summed E-state index contributed by atoms with van der Waals surface area (Å²) in [5, 5.41) is 13.1. The van der Waals surface area contributed by atoms with Crippen molar-refractivity contribution in [2.45, 2.75) is 6.10 Å². The van der Waals surface area contributed by atoms with Gasteiger partial charge in [0, 0.05) is 38.4 Å². The third-order valence-electron chi connectivity index (χ3n) is 4.58. The molecule has 1 fully saturated rings. The SMILES string of the molecule is O=C(CN1CCN(C[C@@H](O)c2ccccc2)CC1)Nc1ccc(F)cc1. The minimum Gasteiger partial charge on any atom is -0.387 e. The molecule has 1 aliphatic heterocycles. The number of nitrogens with one attached hydrogen (secondary N) is 1. The van der Waals surface area contributed by atoms with Gasteiger partial charge in [-0.3, -0.25) is 14.6 Å². The van der Waals surface area contributed by atoms with Gasteiger partial charge in [0.1, 0.15) is 5.82 Å². The molecule has 1 amide bonds. The van der Waals surface area contributed by atoms with Crippen LogP contribution >= 0.6 is 0 Å². The number of nitrogens with zero attached hydrogens (tertiary/aromatic N) is 2. The minimum absolute atomic E-state index is 0.102. The highest BCUT2D eigenvalue weighted by atomic mass is 19.1. The van der Waals surface area contributed by atoms with E-state index in [1.165, 1.54) is 12.1 Å². The zero-order chi connectivity index (χ0) is 18.4. The number of β-amino-alcohol motifs (C(OH)–C–C–N with tert-alkyl or cyclic N) is 1. The van der Waals surface area contributed by atoms with Crippen LogP contribution in [0.1, 0.15) is 11.7 Å². The summed E-state index contributed by atoms with van der Waals surface area (Å²) < 4.78 is 12.9. The van der Waals surface area contributed by atoms with Gasteiger partial charge < -0.3 is 10.4 Å². The molecule has 0 spiro atoms. The number of aliphatic hydroxyl groups is 1. The van der Waals surface area contributed by atoms with Crippen molar-refractivity contribution >= 4 is 11.6 Å². The van der Waals surface area contributed by atoms with Gasteiger partial charge in [-0.25, -0.2) is 4.39 Å². The number of aliphatic hydroxyl groups excluding tert-OH is 1. The molecule has 0 radical (unpaired) electrons. The summed E-state index contributed by atoms with van der Waals surface area (Å²) in [5.41, 5.74) is 1.52. The van der Waals surface area contributed by atoms with Crippen molar-refractivity contribution in [3.63, 3.8) is 0 Å². The van der Waals surface area contributed by atoms with E-state index in [1.54, 1.807) is 12.1 Å². The zero-order valence-electron chi connectivity index (χ0n) is 14.6. The molecule has 1 aliphatic rings. The van der Waals surface area contributed by atoms with E-state index in [1.807, 2.05) is 30.3 Å². The predicted octanol–water partition coefficient (Wildman–Crippen LogP) is 2.12. The highest BCUT2D eigenvalue weighted by Gasteiger charge is 2.21. The van der Waals surface area contributed by atoms with Gasteiger partial charge in [0.2, 0.25) is 5.91 Å². The lowest BCUT2D eigenvalue weighted by molar-refractivity contribution is -0.117. The number of piperazine rings is 1. The van der Waals surface area contributed by atoms with Crippen LogP contribution in [0.4, 0.5) is 10.1 Å². The van der Waals surface area contributed by atoms with Crippen LogP contribution in [0.5, 0.6) is 0 Å². The highest BCUT2D eigenvalue weighted by molar-refractivity contribution is 5.92. The summed E-state index contributed by atoms with van der Waals surface area (Å²) >= 11 is 0. The fraction of sp³-hybridized carbons (Fsp3) is 0.350. The Bertz CT molecular complexity index is 701. The van der Waals surface area contributed by atoms with E-state index < -0.39 is 6.10 Å². The second-order valence-electron chi connectivity index (χ2n) is 6.56.